The highest BCUT2D eigenvalue weighted by Gasteiger charge is 2.52. The molecule has 0 saturated heterocycles. The van der Waals surface area contributed by atoms with Crippen molar-refractivity contribution < 1.29 is 4.74 Å². The normalized spacial score (nSPS) is 13.6. The number of benzene rings is 10. The molecule has 1 heteroatoms. The molecule has 10 aromatic rings. The molecule has 0 unspecified atom stereocenters. The summed E-state index contributed by atoms with van der Waals surface area (Å²) in [5.41, 5.74) is 17.5. The monoisotopic (exact) mass is 708 g/mol. The minimum absolute atomic E-state index is 0.430. The molecule has 0 atom stereocenters. The van der Waals surface area contributed by atoms with E-state index < -0.39 is 5.41 Å². The maximum Gasteiger partial charge on any atom is 0.135 e. The smallest absolute Gasteiger partial charge is 0.135 e. The van der Waals surface area contributed by atoms with Crippen molar-refractivity contribution in [3.8, 4) is 67.1 Å². The lowest BCUT2D eigenvalue weighted by Gasteiger charge is -2.30. The Hall–Kier alpha value is -7.22. The lowest BCUT2D eigenvalue weighted by Crippen LogP contribution is -2.25. The molecular weight excluding hydrogens is 677 g/mol. The molecule has 0 aromatic heterocycles. The minimum Gasteiger partial charge on any atom is -0.456 e. The van der Waals surface area contributed by atoms with Gasteiger partial charge in [-0.05, 0) is 124 Å². The molecule has 1 heterocycles. The molecule has 0 fully saturated rings. The number of rotatable bonds is 2. The summed E-state index contributed by atoms with van der Waals surface area (Å²) in [5.74, 6) is 1.82. The Labute approximate surface area is 324 Å². The summed E-state index contributed by atoms with van der Waals surface area (Å²) >= 11 is 0. The lowest BCUT2D eigenvalue weighted by molar-refractivity contribution is 0.487. The third-order valence-corrected chi connectivity index (χ3v) is 12.9. The first-order valence-electron chi connectivity index (χ1n) is 19.5. The fourth-order valence-corrected chi connectivity index (χ4v) is 10.6. The van der Waals surface area contributed by atoms with E-state index in [9.17, 15) is 0 Å². The summed E-state index contributed by atoms with van der Waals surface area (Å²) in [6.45, 7) is 0. The zero-order valence-electron chi connectivity index (χ0n) is 30.4. The topological polar surface area (TPSA) is 9.23 Å². The average molecular weight is 709 g/mol. The fourth-order valence-electron chi connectivity index (χ4n) is 10.6. The van der Waals surface area contributed by atoms with Crippen molar-refractivity contribution in [3.63, 3.8) is 0 Å². The van der Waals surface area contributed by atoms with Crippen LogP contribution < -0.4 is 4.74 Å². The highest BCUT2D eigenvalue weighted by atomic mass is 16.5. The maximum absolute atomic E-state index is 6.51. The lowest BCUT2D eigenvalue weighted by atomic mass is 9.70. The molecule has 10 aromatic carbocycles. The molecule has 0 radical (unpaired) electrons. The number of ether oxygens (including phenoxy) is 1. The van der Waals surface area contributed by atoms with Crippen molar-refractivity contribution >= 4 is 32.3 Å². The molecule has 3 aliphatic rings. The Kier molecular flexibility index (Phi) is 5.89. The van der Waals surface area contributed by atoms with Gasteiger partial charge in [0.25, 0.3) is 0 Å². The molecule has 0 amide bonds. The first-order valence-corrected chi connectivity index (χ1v) is 19.5. The van der Waals surface area contributed by atoms with Crippen LogP contribution in [0.3, 0.4) is 0 Å². The van der Waals surface area contributed by atoms with Crippen LogP contribution >= 0.6 is 0 Å². The highest BCUT2D eigenvalue weighted by molar-refractivity contribution is 6.13. The van der Waals surface area contributed by atoms with Crippen molar-refractivity contribution in [3.05, 3.63) is 216 Å². The molecule has 258 valence electrons. The zero-order valence-corrected chi connectivity index (χ0v) is 30.4. The third kappa shape index (κ3) is 3.79. The summed E-state index contributed by atoms with van der Waals surface area (Å²) in [5, 5.41) is 7.44. The van der Waals surface area contributed by atoms with E-state index in [2.05, 4.69) is 188 Å². The van der Waals surface area contributed by atoms with E-state index in [0.717, 1.165) is 17.1 Å². The molecule has 56 heavy (non-hydrogen) atoms. The van der Waals surface area contributed by atoms with Crippen LogP contribution in [0.2, 0.25) is 0 Å². The zero-order chi connectivity index (χ0) is 36.5. The second kappa shape index (κ2) is 10.9. The van der Waals surface area contributed by atoms with Gasteiger partial charge in [-0.15, -0.1) is 0 Å². The van der Waals surface area contributed by atoms with E-state index in [4.69, 9.17) is 4.74 Å². The molecule has 0 N–H and O–H groups in total. The third-order valence-electron chi connectivity index (χ3n) is 12.9. The first kappa shape index (κ1) is 30.1. The summed E-state index contributed by atoms with van der Waals surface area (Å²) in [4.78, 5) is 0. The Morgan fingerprint density at radius 2 is 0.911 bits per heavy atom. The molecule has 1 spiro atoms. The number of para-hydroxylation sites is 1. The van der Waals surface area contributed by atoms with Gasteiger partial charge in [0, 0.05) is 10.9 Å². The predicted molar refractivity (Wildman–Crippen MR) is 232 cm³/mol. The van der Waals surface area contributed by atoms with Crippen LogP contribution in [0, 0.1) is 0 Å². The Morgan fingerprint density at radius 1 is 0.304 bits per heavy atom. The Balaban J connectivity index is 1.11. The van der Waals surface area contributed by atoms with Crippen LogP contribution in [0.4, 0.5) is 0 Å². The van der Waals surface area contributed by atoms with Crippen LogP contribution in [-0.2, 0) is 5.41 Å². The van der Waals surface area contributed by atoms with Crippen molar-refractivity contribution in [2.75, 3.05) is 0 Å². The van der Waals surface area contributed by atoms with E-state index in [-0.39, 0.29) is 0 Å². The molecule has 1 nitrogen and oxygen atoms in total. The van der Waals surface area contributed by atoms with Gasteiger partial charge < -0.3 is 4.74 Å². The number of hydrogen-bond acceptors (Lipinski definition) is 1. The quantitative estimate of drug-likeness (QED) is 0.174. The summed E-state index contributed by atoms with van der Waals surface area (Å²) < 4.78 is 6.51. The SMILES string of the molecule is c1ccc2c(c1)Oc1ccc(-c3ccc4c(c3)-c3c(ccc5c(-c6ccc7ccccc7c6)cccc35)C43c4ccccc4-c4ccccc43)c3cccc-2c13. The summed E-state index contributed by atoms with van der Waals surface area (Å²) in [6.07, 6.45) is 0. The van der Waals surface area contributed by atoms with Gasteiger partial charge in [-0.25, -0.2) is 0 Å². The second-order valence-corrected chi connectivity index (χ2v) is 15.5. The van der Waals surface area contributed by atoms with Crippen molar-refractivity contribution in [1.29, 1.82) is 0 Å². The van der Waals surface area contributed by atoms with E-state index >= 15 is 0 Å². The van der Waals surface area contributed by atoms with Gasteiger partial charge in [0.05, 0.1) is 5.41 Å². The van der Waals surface area contributed by atoms with Crippen LogP contribution in [0.5, 0.6) is 11.5 Å². The maximum atomic E-state index is 6.51. The Morgan fingerprint density at radius 3 is 1.75 bits per heavy atom. The van der Waals surface area contributed by atoms with Gasteiger partial charge >= 0.3 is 0 Å². The van der Waals surface area contributed by atoms with Gasteiger partial charge in [-0.3, -0.25) is 0 Å². The van der Waals surface area contributed by atoms with Gasteiger partial charge in [0.15, 0.2) is 0 Å². The number of hydrogen-bond donors (Lipinski definition) is 0. The highest BCUT2D eigenvalue weighted by Crippen LogP contribution is 2.64. The van der Waals surface area contributed by atoms with E-state index in [1.54, 1.807) is 0 Å². The second-order valence-electron chi connectivity index (χ2n) is 15.5. The number of fused-ring (bicyclic) bond motifs is 15. The van der Waals surface area contributed by atoms with Crippen molar-refractivity contribution in [2.45, 2.75) is 5.41 Å². The molecule has 0 bridgehead atoms. The van der Waals surface area contributed by atoms with Crippen molar-refractivity contribution in [1.82, 2.24) is 0 Å². The van der Waals surface area contributed by atoms with Crippen LogP contribution in [-0.4, -0.2) is 0 Å². The van der Waals surface area contributed by atoms with Crippen LogP contribution in [0.15, 0.2) is 194 Å². The van der Waals surface area contributed by atoms with Crippen molar-refractivity contribution in [2.24, 2.45) is 0 Å². The average Bonchev–Trinajstić information content (AvgIpc) is 3.73. The van der Waals surface area contributed by atoms with E-state index in [1.165, 1.54) is 105 Å². The Bertz CT molecular complexity index is 3300. The molecule has 1 aliphatic heterocycles. The largest absolute Gasteiger partial charge is 0.456 e. The molecule has 0 saturated carbocycles. The minimum atomic E-state index is -0.430. The fraction of sp³-hybridized carbons (Fsp3) is 0.0182. The van der Waals surface area contributed by atoms with Gasteiger partial charge in [0.1, 0.15) is 11.5 Å². The predicted octanol–water partition coefficient (Wildman–Crippen LogP) is 14.6. The van der Waals surface area contributed by atoms with Gasteiger partial charge in [0.2, 0.25) is 0 Å². The summed E-state index contributed by atoms with van der Waals surface area (Å²) in [7, 11) is 0. The first-order chi connectivity index (χ1) is 27.8. The van der Waals surface area contributed by atoms with Gasteiger partial charge in [-0.1, -0.05) is 170 Å². The van der Waals surface area contributed by atoms with Crippen LogP contribution in [0.25, 0.3) is 88.0 Å². The molecular formula is C55H32O. The van der Waals surface area contributed by atoms with Gasteiger partial charge in [-0.2, -0.15) is 0 Å². The van der Waals surface area contributed by atoms with E-state index in [0.29, 0.717) is 0 Å². The molecule has 13 rings (SSSR count). The molecule has 2 aliphatic carbocycles. The van der Waals surface area contributed by atoms with Crippen LogP contribution in [0.1, 0.15) is 22.3 Å². The summed E-state index contributed by atoms with van der Waals surface area (Å²) in [6, 6.07) is 72.1. The standard InChI is InChI=1S/C55H32O/c1-2-12-34-31-35(24-23-33(34)11-1)37-16-9-18-44-39(37)26-29-50-53(44)46-32-36(25-28-49(46)55(50)47-20-6-3-13-40(47)41-14-4-7-21-48(41)55)38-27-30-52-54-43(38)17-10-19-45(54)42-15-5-8-22-51(42)56-52/h1-32H. The van der Waals surface area contributed by atoms with E-state index in [1.807, 2.05) is 6.07 Å².